The van der Waals surface area contributed by atoms with Gasteiger partial charge in [0.15, 0.2) is 11.3 Å². The number of rotatable bonds is 7. The summed E-state index contributed by atoms with van der Waals surface area (Å²) in [4.78, 5) is 20.5. The van der Waals surface area contributed by atoms with E-state index >= 15 is 0 Å². The van der Waals surface area contributed by atoms with Crippen LogP contribution in [0.15, 0.2) is 34.2 Å². The Labute approximate surface area is 175 Å². The van der Waals surface area contributed by atoms with E-state index < -0.39 is 9.05 Å². The number of nitrogens with one attached hydrogen (secondary N) is 1. The Hall–Kier alpha value is -2.92. The molecule has 0 spiro atoms. The molecule has 3 aromatic heterocycles. The second kappa shape index (κ2) is 7.73. The zero-order valence-corrected chi connectivity index (χ0v) is 17.9. The van der Waals surface area contributed by atoms with Crippen molar-refractivity contribution in [2.24, 2.45) is 0 Å². The second-order valence-electron chi connectivity index (χ2n) is 6.63. The van der Waals surface area contributed by atoms with E-state index in [1.807, 2.05) is 13.8 Å². The van der Waals surface area contributed by atoms with Crippen molar-refractivity contribution in [3.8, 4) is 17.1 Å². The van der Waals surface area contributed by atoms with Crippen molar-refractivity contribution >= 4 is 36.5 Å². The summed E-state index contributed by atoms with van der Waals surface area (Å²) in [5.74, 6) is 0.761. The molecule has 0 aliphatic heterocycles. The zero-order valence-electron chi connectivity index (χ0n) is 16.3. The number of aromatic nitrogens is 6. The van der Waals surface area contributed by atoms with Gasteiger partial charge in [-0.05, 0) is 31.5 Å². The third-order valence-electron chi connectivity index (χ3n) is 4.67. The molecule has 0 bridgehead atoms. The SMILES string of the molecule is CCCCn1c(=O)n2cnnc2c2[nH]c(-c3cc(S(=O)(=O)Cl)ccc3OCC)nc21. The minimum absolute atomic E-state index is 0.0842. The Morgan fingerprint density at radius 3 is 2.73 bits per heavy atom. The molecule has 4 rings (SSSR count). The summed E-state index contributed by atoms with van der Waals surface area (Å²) >= 11 is 0. The molecule has 0 unspecified atom stereocenters. The molecule has 0 aliphatic carbocycles. The molecule has 0 aliphatic rings. The van der Waals surface area contributed by atoms with Crippen LogP contribution in [0.25, 0.3) is 28.2 Å². The minimum Gasteiger partial charge on any atom is -0.493 e. The Bertz CT molecular complexity index is 1410. The number of fused-ring (bicyclic) bond motifs is 3. The molecule has 1 aromatic carbocycles. The fraction of sp³-hybridized carbons (Fsp3) is 0.333. The molecule has 30 heavy (non-hydrogen) atoms. The van der Waals surface area contributed by atoms with E-state index in [1.165, 1.54) is 28.9 Å². The van der Waals surface area contributed by atoms with Gasteiger partial charge in [-0.15, -0.1) is 10.2 Å². The van der Waals surface area contributed by atoms with Crippen LogP contribution in [-0.4, -0.2) is 44.2 Å². The molecule has 4 aromatic rings. The van der Waals surface area contributed by atoms with Crippen molar-refractivity contribution in [1.29, 1.82) is 0 Å². The third kappa shape index (κ3) is 3.43. The minimum atomic E-state index is -3.95. The van der Waals surface area contributed by atoms with Crippen LogP contribution in [-0.2, 0) is 15.6 Å². The molecule has 0 fully saturated rings. The fourth-order valence-electron chi connectivity index (χ4n) is 3.25. The van der Waals surface area contributed by atoms with Gasteiger partial charge in [-0.3, -0.25) is 4.57 Å². The Kier molecular flexibility index (Phi) is 5.24. The van der Waals surface area contributed by atoms with Crippen molar-refractivity contribution in [2.45, 2.75) is 38.1 Å². The van der Waals surface area contributed by atoms with E-state index in [1.54, 1.807) is 4.57 Å². The lowest BCUT2D eigenvalue weighted by Crippen LogP contribution is -2.27. The molecule has 158 valence electrons. The maximum atomic E-state index is 12.9. The zero-order chi connectivity index (χ0) is 21.5. The van der Waals surface area contributed by atoms with Gasteiger partial charge in [0.2, 0.25) is 0 Å². The van der Waals surface area contributed by atoms with Crippen molar-refractivity contribution in [2.75, 3.05) is 6.61 Å². The summed E-state index contributed by atoms with van der Waals surface area (Å²) < 4.78 is 32.2. The molecule has 0 radical (unpaired) electrons. The highest BCUT2D eigenvalue weighted by molar-refractivity contribution is 8.13. The highest BCUT2D eigenvalue weighted by atomic mass is 35.7. The van der Waals surface area contributed by atoms with Gasteiger partial charge >= 0.3 is 5.69 Å². The predicted octanol–water partition coefficient (Wildman–Crippen LogP) is 2.56. The van der Waals surface area contributed by atoms with Gasteiger partial charge in [0, 0.05) is 17.2 Å². The normalized spacial score (nSPS) is 12.1. The van der Waals surface area contributed by atoms with Crippen LogP contribution >= 0.6 is 10.7 Å². The first kappa shape index (κ1) is 20.4. The van der Waals surface area contributed by atoms with E-state index in [2.05, 4.69) is 20.2 Å². The summed E-state index contributed by atoms with van der Waals surface area (Å²) in [5, 5.41) is 7.87. The molecule has 1 N–H and O–H groups in total. The first-order valence-electron chi connectivity index (χ1n) is 9.39. The number of halogens is 1. The standard InChI is InChI=1S/C18H19ClN6O4S/c1-3-5-8-24-16-14(17-23-20-10-25(17)18(24)26)21-15(22-16)12-9-11(30(19,27)28)6-7-13(12)29-4-2/h6-7,9-10H,3-5,8H2,1-2H3,(H,21,22). The molecular weight excluding hydrogens is 432 g/mol. The van der Waals surface area contributed by atoms with Crippen LogP contribution in [0.1, 0.15) is 26.7 Å². The quantitative estimate of drug-likeness (QED) is 0.429. The van der Waals surface area contributed by atoms with E-state index in [9.17, 15) is 13.2 Å². The molecule has 3 heterocycles. The molecule has 0 saturated heterocycles. The average Bonchev–Trinajstić information content (AvgIpc) is 3.35. The van der Waals surface area contributed by atoms with Crippen LogP contribution < -0.4 is 10.4 Å². The molecular formula is C18H19ClN6O4S. The van der Waals surface area contributed by atoms with Gasteiger partial charge in [-0.2, -0.15) is 0 Å². The topological polar surface area (TPSA) is 124 Å². The van der Waals surface area contributed by atoms with Crippen LogP contribution in [0.5, 0.6) is 5.75 Å². The number of ether oxygens (including phenoxy) is 1. The summed E-state index contributed by atoms with van der Waals surface area (Å²) in [6.07, 6.45) is 3.04. The number of hydrogen-bond donors (Lipinski definition) is 1. The van der Waals surface area contributed by atoms with E-state index in [4.69, 9.17) is 15.4 Å². The highest BCUT2D eigenvalue weighted by Crippen LogP contribution is 2.33. The number of aryl methyl sites for hydroxylation is 1. The monoisotopic (exact) mass is 450 g/mol. The van der Waals surface area contributed by atoms with E-state index in [0.717, 1.165) is 12.8 Å². The van der Waals surface area contributed by atoms with Gasteiger partial charge in [0.05, 0.1) is 17.1 Å². The first-order valence-corrected chi connectivity index (χ1v) is 11.7. The van der Waals surface area contributed by atoms with Crippen LogP contribution in [0.4, 0.5) is 0 Å². The van der Waals surface area contributed by atoms with Gasteiger partial charge < -0.3 is 9.72 Å². The maximum Gasteiger partial charge on any atom is 0.336 e. The van der Waals surface area contributed by atoms with Crippen LogP contribution in [0, 0.1) is 0 Å². The fourth-order valence-corrected chi connectivity index (χ4v) is 4.03. The van der Waals surface area contributed by atoms with Crippen molar-refractivity contribution < 1.29 is 13.2 Å². The van der Waals surface area contributed by atoms with E-state index in [0.29, 0.717) is 47.1 Å². The van der Waals surface area contributed by atoms with Crippen molar-refractivity contribution in [1.82, 2.24) is 29.1 Å². The molecule has 0 amide bonds. The van der Waals surface area contributed by atoms with E-state index in [-0.39, 0.29) is 10.6 Å². The summed E-state index contributed by atoms with van der Waals surface area (Å²) in [5.41, 5.74) is 1.36. The smallest absolute Gasteiger partial charge is 0.336 e. The number of unbranched alkanes of at least 4 members (excludes halogenated alkanes) is 1. The highest BCUT2D eigenvalue weighted by Gasteiger charge is 2.21. The lowest BCUT2D eigenvalue weighted by molar-refractivity contribution is 0.341. The summed E-state index contributed by atoms with van der Waals surface area (Å²) in [6.45, 7) is 4.69. The molecule has 0 saturated carbocycles. The number of aromatic amines is 1. The third-order valence-corrected chi connectivity index (χ3v) is 6.02. The van der Waals surface area contributed by atoms with Crippen molar-refractivity contribution in [3.05, 3.63) is 35.0 Å². The lowest BCUT2D eigenvalue weighted by atomic mass is 10.2. The second-order valence-corrected chi connectivity index (χ2v) is 9.19. The molecule has 10 nitrogen and oxygen atoms in total. The number of imidazole rings is 1. The van der Waals surface area contributed by atoms with Gasteiger partial charge in [0.1, 0.15) is 23.4 Å². The first-order chi connectivity index (χ1) is 14.3. The number of H-pyrrole nitrogens is 1. The average molecular weight is 451 g/mol. The number of hydrogen-bond acceptors (Lipinski definition) is 7. The van der Waals surface area contributed by atoms with Gasteiger partial charge in [-0.25, -0.2) is 22.6 Å². The molecule has 0 atom stereocenters. The maximum absolute atomic E-state index is 12.9. The Morgan fingerprint density at radius 2 is 2.03 bits per heavy atom. The van der Waals surface area contributed by atoms with Crippen LogP contribution in [0.2, 0.25) is 0 Å². The number of benzene rings is 1. The van der Waals surface area contributed by atoms with Gasteiger partial charge in [0.25, 0.3) is 9.05 Å². The van der Waals surface area contributed by atoms with Crippen molar-refractivity contribution in [3.63, 3.8) is 0 Å². The van der Waals surface area contributed by atoms with Gasteiger partial charge in [-0.1, -0.05) is 13.3 Å². The van der Waals surface area contributed by atoms with Crippen LogP contribution in [0.3, 0.4) is 0 Å². The largest absolute Gasteiger partial charge is 0.493 e. The Morgan fingerprint density at radius 1 is 1.23 bits per heavy atom. The summed E-state index contributed by atoms with van der Waals surface area (Å²) in [6, 6.07) is 4.28. The predicted molar refractivity (Wildman–Crippen MR) is 111 cm³/mol. The lowest BCUT2D eigenvalue weighted by Gasteiger charge is -2.09. The summed E-state index contributed by atoms with van der Waals surface area (Å²) in [7, 11) is 1.57. The number of nitrogens with zero attached hydrogens (tertiary/aromatic N) is 5. The Balaban J connectivity index is 2.02. The molecule has 12 heteroatoms.